The van der Waals surface area contributed by atoms with Crippen LogP contribution in [0.3, 0.4) is 0 Å². The Morgan fingerprint density at radius 2 is 2.24 bits per heavy atom. The Hall–Kier alpha value is -1.36. The van der Waals surface area contributed by atoms with Gasteiger partial charge in [-0.25, -0.2) is 4.98 Å². The van der Waals surface area contributed by atoms with Gasteiger partial charge in [0.25, 0.3) is 0 Å². The van der Waals surface area contributed by atoms with Crippen LogP contribution >= 0.6 is 0 Å². The lowest BCUT2D eigenvalue weighted by Crippen LogP contribution is -2.35. The average molecular weight is 236 g/mol. The van der Waals surface area contributed by atoms with Crippen molar-refractivity contribution < 1.29 is 4.74 Å². The molecule has 0 radical (unpaired) electrons. The maximum Gasteiger partial charge on any atom is 0.228 e. The van der Waals surface area contributed by atoms with Crippen molar-refractivity contribution in [3.8, 4) is 5.88 Å². The Morgan fingerprint density at radius 1 is 1.47 bits per heavy atom. The van der Waals surface area contributed by atoms with E-state index in [1.54, 1.807) is 19.4 Å². The molecule has 1 fully saturated rings. The van der Waals surface area contributed by atoms with E-state index in [2.05, 4.69) is 14.9 Å². The van der Waals surface area contributed by atoms with Crippen LogP contribution in [0.2, 0.25) is 0 Å². The molecule has 1 aromatic heterocycles. The maximum absolute atomic E-state index is 5.59. The first-order chi connectivity index (χ1) is 8.33. The zero-order valence-electron chi connectivity index (χ0n) is 10.3. The maximum atomic E-state index is 5.59. The van der Waals surface area contributed by atoms with Crippen LogP contribution in [0.1, 0.15) is 19.3 Å². The number of rotatable bonds is 4. The van der Waals surface area contributed by atoms with E-state index < -0.39 is 0 Å². The minimum atomic E-state index is 0.624. The molecule has 0 aliphatic carbocycles. The van der Waals surface area contributed by atoms with E-state index in [0.29, 0.717) is 5.88 Å². The topological polar surface area (TPSA) is 64.3 Å². The van der Waals surface area contributed by atoms with Crippen molar-refractivity contribution in [1.29, 1.82) is 0 Å². The van der Waals surface area contributed by atoms with E-state index >= 15 is 0 Å². The van der Waals surface area contributed by atoms with Gasteiger partial charge < -0.3 is 15.4 Å². The highest BCUT2D eigenvalue weighted by Crippen LogP contribution is 2.23. The molecular formula is C12H20N4O. The van der Waals surface area contributed by atoms with E-state index in [1.165, 1.54) is 12.8 Å². The van der Waals surface area contributed by atoms with Crippen molar-refractivity contribution in [1.82, 2.24) is 9.97 Å². The highest BCUT2D eigenvalue weighted by atomic mass is 16.5. The predicted molar refractivity (Wildman–Crippen MR) is 67.2 cm³/mol. The second kappa shape index (κ2) is 5.82. The molecule has 2 N–H and O–H groups in total. The van der Waals surface area contributed by atoms with E-state index in [4.69, 9.17) is 10.5 Å². The summed E-state index contributed by atoms with van der Waals surface area (Å²) in [6, 6.07) is 1.77. The molecule has 0 unspecified atom stereocenters. The van der Waals surface area contributed by atoms with Gasteiger partial charge in [-0.1, -0.05) is 0 Å². The normalized spacial score (nSPS) is 17.2. The van der Waals surface area contributed by atoms with Crippen molar-refractivity contribution in [2.75, 3.05) is 31.6 Å². The highest BCUT2D eigenvalue weighted by Gasteiger charge is 2.20. The molecule has 1 saturated heterocycles. The molecule has 5 heteroatoms. The molecule has 1 aliphatic heterocycles. The van der Waals surface area contributed by atoms with Crippen LogP contribution in [0.15, 0.2) is 12.3 Å². The van der Waals surface area contributed by atoms with Gasteiger partial charge in [0, 0.05) is 25.4 Å². The third kappa shape index (κ3) is 3.06. The first-order valence-corrected chi connectivity index (χ1v) is 6.15. The van der Waals surface area contributed by atoms with Crippen molar-refractivity contribution in [3.63, 3.8) is 0 Å². The molecule has 1 aromatic rings. The third-order valence-electron chi connectivity index (χ3n) is 3.30. The molecule has 2 heterocycles. The summed E-state index contributed by atoms with van der Waals surface area (Å²) in [6.07, 6.45) is 5.23. The quantitative estimate of drug-likeness (QED) is 0.846. The van der Waals surface area contributed by atoms with Crippen LogP contribution in [0, 0.1) is 5.92 Å². The van der Waals surface area contributed by atoms with Gasteiger partial charge in [-0.3, -0.25) is 0 Å². The molecule has 0 bridgehead atoms. The van der Waals surface area contributed by atoms with E-state index in [-0.39, 0.29) is 0 Å². The van der Waals surface area contributed by atoms with Crippen LogP contribution in [0.4, 0.5) is 5.95 Å². The first kappa shape index (κ1) is 12.1. The Bertz CT molecular complexity index is 350. The number of ether oxygens (including phenoxy) is 1. The van der Waals surface area contributed by atoms with E-state index in [1.807, 2.05) is 0 Å². The summed E-state index contributed by atoms with van der Waals surface area (Å²) in [7, 11) is 1.62. The number of nitrogens with two attached hydrogens (primary N) is 1. The third-order valence-corrected chi connectivity index (χ3v) is 3.30. The van der Waals surface area contributed by atoms with Crippen molar-refractivity contribution in [3.05, 3.63) is 12.3 Å². The van der Waals surface area contributed by atoms with Gasteiger partial charge in [0.1, 0.15) is 0 Å². The second-order valence-electron chi connectivity index (χ2n) is 4.41. The zero-order chi connectivity index (χ0) is 12.1. The summed E-state index contributed by atoms with van der Waals surface area (Å²) in [6.45, 7) is 2.82. The van der Waals surface area contributed by atoms with Crippen LogP contribution in [-0.2, 0) is 0 Å². The summed E-state index contributed by atoms with van der Waals surface area (Å²) >= 11 is 0. The number of nitrogens with zero attached hydrogens (tertiary/aromatic N) is 3. The fourth-order valence-electron chi connectivity index (χ4n) is 2.26. The molecule has 0 saturated carbocycles. The van der Waals surface area contributed by atoms with Gasteiger partial charge in [-0.15, -0.1) is 0 Å². The summed E-state index contributed by atoms with van der Waals surface area (Å²) in [5.41, 5.74) is 5.59. The number of hydrogen-bond acceptors (Lipinski definition) is 5. The standard InChI is InChI=1S/C12H20N4O/c1-17-11-3-7-14-12(15-11)16-8-4-10(2-6-13)5-9-16/h3,7,10H,2,4-6,8-9,13H2,1H3. The van der Waals surface area contributed by atoms with Gasteiger partial charge in [0.2, 0.25) is 11.8 Å². The molecule has 5 nitrogen and oxygen atoms in total. The Morgan fingerprint density at radius 3 is 2.88 bits per heavy atom. The minimum absolute atomic E-state index is 0.624. The van der Waals surface area contributed by atoms with Crippen molar-refractivity contribution in [2.24, 2.45) is 11.7 Å². The molecule has 0 spiro atoms. The summed E-state index contributed by atoms with van der Waals surface area (Å²) in [4.78, 5) is 10.9. The molecule has 0 aromatic carbocycles. The molecular weight excluding hydrogens is 216 g/mol. The lowest BCUT2D eigenvalue weighted by molar-refractivity contribution is 0.377. The molecule has 2 rings (SSSR count). The number of piperidine rings is 1. The Labute approximate surface area is 102 Å². The smallest absolute Gasteiger partial charge is 0.228 e. The molecule has 17 heavy (non-hydrogen) atoms. The van der Waals surface area contributed by atoms with Crippen molar-refractivity contribution >= 4 is 5.95 Å². The second-order valence-corrected chi connectivity index (χ2v) is 4.41. The van der Waals surface area contributed by atoms with E-state index in [0.717, 1.165) is 37.9 Å². The van der Waals surface area contributed by atoms with Crippen LogP contribution in [0.25, 0.3) is 0 Å². The van der Waals surface area contributed by atoms with Crippen molar-refractivity contribution in [2.45, 2.75) is 19.3 Å². The van der Waals surface area contributed by atoms with Gasteiger partial charge in [0.05, 0.1) is 7.11 Å². The zero-order valence-corrected chi connectivity index (χ0v) is 10.3. The number of methoxy groups -OCH3 is 1. The summed E-state index contributed by atoms with van der Waals surface area (Å²) in [5, 5.41) is 0. The Balaban J connectivity index is 1.95. The van der Waals surface area contributed by atoms with Gasteiger partial charge in [-0.2, -0.15) is 4.98 Å². The molecule has 94 valence electrons. The summed E-state index contributed by atoms with van der Waals surface area (Å²) in [5.74, 6) is 2.16. The highest BCUT2D eigenvalue weighted by molar-refractivity contribution is 5.32. The molecule has 0 atom stereocenters. The monoisotopic (exact) mass is 236 g/mol. The average Bonchev–Trinajstić information content (AvgIpc) is 2.40. The first-order valence-electron chi connectivity index (χ1n) is 6.15. The van der Waals surface area contributed by atoms with Gasteiger partial charge >= 0.3 is 0 Å². The largest absolute Gasteiger partial charge is 0.481 e. The SMILES string of the molecule is COc1ccnc(N2CCC(CCN)CC2)n1. The van der Waals surface area contributed by atoms with Crippen LogP contribution in [0.5, 0.6) is 5.88 Å². The number of anilines is 1. The number of aromatic nitrogens is 2. The number of hydrogen-bond donors (Lipinski definition) is 1. The fourth-order valence-corrected chi connectivity index (χ4v) is 2.26. The van der Waals surface area contributed by atoms with Crippen LogP contribution in [-0.4, -0.2) is 36.7 Å². The summed E-state index contributed by atoms with van der Waals surface area (Å²) < 4.78 is 5.11. The van der Waals surface area contributed by atoms with E-state index in [9.17, 15) is 0 Å². The molecule has 1 aliphatic rings. The Kier molecular flexibility index (Phi) is 4.14. The predicted octanol–water partition coefficient (Wildman–Crippen LogP) is 1.05. The van der Waals surface area contributed by atoms with Gasteiger partial charge in [-0.05, 0) is 31.7 Å². The lowest BCUT2D eigenvalue weighted by atomic mass is 9.94. The molecule has 0 amide bonds. The van der Waals surface area contributed by atoms with Crippen LogP contribution < -0.4 is 15.4 Å². The lowest BCUT2D eigenvalue weighted by Gasteiger charge is -2.31. The fraction of sp³-hybridized carbons (Fsp3) is 0.667. The van der Waals surface area contributed by atoms with Gasteiger partial charge in [0.15, 0.2) is 0 Å². The minimum Gasteiger partial charge on any atom is -0.481 e.